The largest absolute Gasteiger partial charge is 0.376 e. The van der Waals surface area contributed by atoms with Gasteiger partial charge in [0.1, 0.15) is 6.54 Å². The molecule has 0 radical (unpaired) electrons. The van der Waals surface area contributed by atoms with Crippen molar-refractivity contribution in [3.05, 3.63) is 17.5 Å². The fourth-order valence-electron chi connectivity index (χ4n) is 2.96. The third kappa shape index (κ3) is 6.86. The van der Waals surface area contributed by atoms with Gasteiger partial charge in [0.25, 0.3) is 0 Å². The first-order valence-corrected chi connectivity index (χ1v) is 9.82. The van der Waals surface area contributed by atoms with Crippen LogP contribution in [0.25, 0.3) is 0 Å². The number of hydrogen-bond donors (Lipinski definition) is 2. The fourth-order valence-corrected chi connectivity index (χ4v) is 2.96. The normalized spacial score (nSPS) is 17.4. The Hall–Kier alpha value is -2.09. The molecule has 8 heteroatoms. The van der Waals surface area contributed by atoms with Gasteiger partial charge in [-0.25, -0.2) is 4.99 Å². The van der Waals surface area contributed by atoms with E-state index in [2.05, 4.69) is 34.6 Å². The zero-order chi connectivity index (χ0) is 19.6. The van der Waals surface area contributed by atoms with Crippen LogP contribution in [0.5, 0.6) is 0 Å². The molecule has 27 heavy (non-hydrogen) atoms. The van der Waals surface area contributed by atoms with Gasteiger partial charge in [-0.05, 0) is 25.7 Å². The Morgan fingerprint density at radius 1 is 1.37 bits per heavy atom. The molecule has 8 nitrogen and oxygen atoms in total. The molecule has 2 N–H and O–H groups in total. The number of likely N-dealkylation sites (N-methyl/N-ethyl adjacent to an activating group) is 1. The second-order valence-corrected chi connectivity index (χ2v) is 7.05. The minimum absolute atomic E-state index is 0.0519. The Morgan fingerprint density at radius 3 is 2.78 bits per heavy atom. The maximum atomic E-state index is 11.8. The molecule has 1 amide bonds. The molecule has 152 valence electrons. The fraction of sp³-hybridized carbons (Fsp3) is 0.737. The number of amides is 1. The molecule has 1 aliphatic heterocycles. The van der Waals surface area contributed by atoms with Gasteiger partial charge in [0.15, 0.2) is 11.7 Å². The molecule has 2 rings (SSSR count). The number of ether oxygens (including phenoxy) is 1. The van der Waals surface area contributed by atoms with Gasteiger partial charge < -0.3 is 24.8 Å². The van der Waals surface area contributed by atoms with E-state index in [0.29, 0.717) is 25.0 Å². The molecule has 1 aromatic heterocycles. The molecule has 0 bridgehead atoms. The van der Waals surface area contributed by atoms with Gasteiger partial charge in [-0.15, -0.1) is 0 Å². The smallest absolute Gasteiger partial charge is 0.243 e. The molecule has 1 aliphatic rings. The molecule has 1 unspecified atom stereocenters. The summed E-state index contributed by atoms with van der Waals surface area (Å²) < 4.78 is 11.1. The Balaban J connectivity index is 1.93. The average Bonchev–Trinajstić information content (AvgIpc) is 3.34. The number of aromatic nitrogens is 1. The minimum atomic E-state index is -0.0519. The van der Waals surface area contributed by atoms with E-state index in [1.807, 2.05) is 6.07 Å². The van der Waals surface area contributed by atoms with Crippen molar-refractivity contribution in [3.63, 3.8) is 0 Å². The van der Waals surface area contributed by atoms with Crippen LogP contribution in [0.4, 0.5) is 0 Å². The van der Waals surface area contributed by atoms with Gasteiger partial charge in [0.2, 0.25) is 5.91 Å². The number of hydrogen-bond acceptors (Lipinski definition) is 5. The Bertz CT molecular complexity index is 604. The molecule has 0 spiro atoms. The highest BCUT2D eigenvalue weighted by molar-refractivity contribution is 5.84. The molecule has 0 saturated carbocycles. The van der Waals surface area contributed by atoms with Crippen molar-refractivity contribution >= 4 is 11.9 Å². The molecular formula is C19H33N5O3. The van der Waals surface area contributed by atoms with E-state index < -0.39 is 0 Å². The van der Waals surface area contributed by atoms with Gasteiger partial charge in [0.05, 0.1) is 18.3 Å². The molecule has 1 aromatic rings. The van der Waals surface area contributed by atoms with Crippen LogP contribution in [-0.2, 0) is 16.1 Å². The number of carbonyl (C=O) groups is 1. The van der Waals surface area contributed by atoms with Crippen molar-refractivity contribution in [1.29, 1.82) is 0 Å². The second-order valence-electron chi connectivity index (χ2n) is 7.05. The lowest BCUT2D eigenvalue weighted by Gasteiger charge is -2.15. The van der Waals surface area contributed by atoms with Crippen molar-refractivity contribution in [2.45, 2.75) is 58.1 Å². The van der Waals surface area contributed by atoms with E-state index in [9.17, 15) is 4.79 Å². The van der Waals surface area contributed by atoms with Crippen molar-refractivity contribution in [2.24, 2.45) is 4.99 Å². The number of guanidine groups is 1. The van der Waals surface area contributed by atoms with E-state index in [4.69, 9.17) is 9.26 Å². The predicted octanol–water partition coefficient (Wildman–Crippen LogP) is 1.88. The molecule has 0 aliphatic carbocycles. The van der Waals surface area contributed by atoms with Crippen LogP contribution >= 0.6 is 0 Å². The minimum Gasteiger partial charge on any atom is -0.376 e. The van der Waals surface area contributed by atoms with Crippen LogP contribution in [0.1, 0.15) is 56.9 Å². The standard InChI is InChI=1S/C19H33N5O3/c1-5-14(6-2)17-10-16(27-23-17)12-21-19(22-13-18(25)24(3)4)20-11-15-8-7-9-26-15/h10,14-15H,5-9,11-13H2,1-4H3,(H2,20,21,22). The number of rotatable bonds is 9. The molecular weight excluding hydrogens is 346 g/mol. The molecule has 1 atom stereocenters. The Kier molecular flexibility index (Phi) is 8.57. The Morgan fingerprint density at radius 2 is 2.15 bits per heavy atom. The van der Waals surface area contributed by atoms with E-state index >= 15 is 0 Å². The number of carbonyl (C=O) groups excluding carboxylic acids is 1. The third-order valence-corrected chi connectivity index (χ3v) is 4.80. The summed E-state index contributed by atoms with van der Waals surface area (Å²) in [5, 5.41) is 10.7. The summed E-state index contributed by atoms with van der Waals surface area (Å²) in [4.78, 5) is 17.7. The maximum Gasteiger partial charge on any atom is 0.243 e. The highest BCUT2D eigenvalue weighted by Gasteiger charge is 2.17. The van der Waals surface area contributed by atoms with Crippen LogP contribution < -0.4 is 10.6 Å². The zero-order valence-electron chi connectivity index (χ0n) is 17.0. The summed E-state index contributed by atoms with van der Waals surface area (Å²) in [5.41, 5.74) is 0.991. The first-order valence-electron chi connectivity index (χ1n) is 9.82. The summed E-state index contributed by atoms with van der Waals surface area (Å²) in [6.07, 6.45) is 4.39. The predicted molar refractivity (Wildman–Crippen MR) is 105 cm³/mol. The summed E-state index contributed by atoms with van der Waals surface area (Å²) >= 11 is 0. The van der Waals surface area contributed by atoms with E-state index in [-0.39, 0.29) is 18.6 Å². The van der Waals surface area contributed by atoms with Crippen molar-refractivity contribution in [2.75, 3.05) is 33.8 Å². The maximum absolute atomic E-state index is 11.8. The van der Waals surface area contributed by atoms with Crippen LogP contribution in [0.15, 0.2) is 15.6 Å². The second kappa shape index (κ2) is 10.9. The van der Waals surface area contributed by atoms with Crippen molar-refractivity contribution < 1.29 is 14.1 Å². The van der Waals surface area contributed by atoms with Crippen LogP contribution in [0.2, 0.25) is 0 Å². The average molecular weight is 380 g/mol. The molecule has 0 aromatic carbocycles. The number of nitrogens with one attached hydrogen (secondary N) is 2. The van der Waals surface area contributed by atoms with Crippen LogP contribution in [-0.4, -0.2) is 61.8 Å². The van der Waals surface area contributed by atoms with E-state index in [1.165, 1.54) is 4.90 Å². The van der Waals surface area contributed by atoms with E-state index in [0.717, 1.165) is 43.7 Å². The molecule has 2 heterocycles. The Labute approximate surface area is 161 Å². The van der Waals surface area contributed by atoms with Gasteiger partial charge in [-0.3, -0.25) is 4.79 Å². The van der Waals surface area contributed by atoms with Crippen molar-refractivity contribution in [1.82, 2.24) is 20.7 Å². The zero-order valence-corrected chi connectivity index (χ0v) is 17.0. The lowest BCUT2D eigenvalue weighted by Crippen LogP contribution is -2.41. The highest BCUT2D eigenvalue weighted by Crippen LogP contribution is 2.22. The van der Waals surface area contributed by atoms with Gasteiger partial charge in [-0.2, -0.15) is 0 Å². The summed E-state index contributed by atoms with van der Waals surface area (Å²) in [7, 11) is 3.44. The first kappa shape index (κ1) is 21.2. The lowest BCUT2D eigenvalue weighted by atomic mass is 9.99. The first-order chi connectivity index (χ1) is 13.0. The third-order valence-electron chi connectivity index (χ3n) is 4.80. The quantitative estimate of drug-likeness (QED) is 0.503. The summed E-state index contributed by atoms with van der Waals surface area (Å²) in [6.45, 7) is 6.33. The van der Waals surface area contributed by atoms with Gasteiger partial charge in [-0.1, -0.05) is 19.0 Å². The monoisotopic (exact) mass is 379 g/mol. The lowest BCUT2D eigenvalue weighted by molar-refractivity contribution is -0.127. The number of nitrogens with zero attached hydrogens (tertiary/aromatic N) is 3. The van der Waals surface area contributed by atoms with Gasteiger partial charge >= 0.3 is 0 Å². The van der Waals surface area contributed by atoms with E-state index in [1.54, 1.807) is 14.1 Å². The van der Waals surface area contributed by atoms with Crippen LogP contribution in [0, 0.1) is 0 Å². The topological polar surface area (TPSA) is 92.0 Å². The van der Waals surface area contributed by atoms with Crippen LogP contribution in [0.3, 0.4) is 0 Å². The summed E-state index contributed by atoms with van der Waals surface area (Å²) in [5.74, 6) is 1.69. The number of aliphatic imine (C=N–C) groups is 1. The van der Waals surface area contributed by atoms with Gasteiger partial charge in [0, 0.05) is 39.2 Å². The summed E-state index contributed by atoms with van der Waals surface area (Å²) in [6, 6.07) is 1.99. The molecule has 1 saturated heterocycles. The molecule has 1 fully saturated rings. The SMILES string of the molecule is CCC(CC)c1cc(CNC(=NCC(=O)N(C)C)NCC2CCCO2)on1. The highest BCUT2D eigenvalue weighted by atomic mass is 16.5. The van der Waals surface area contributed by atoms with Crippen molar-refractivity contribution in [3.8, 4) is 0 Å².